The Kier molecular flexibility index (Phi) is 4.15. The minimum Gasteiger partial charge on any atom is -0.343 e. The topological polar surface area (TPSA) is 76.3 Å². The molecule has 0 saturated carbocycles. The Morgan fingerprint density at radius 3 is 2.55 bits per heavy atom. The van der Waals surface area contributed by atoms with Crippen molar-refractivity contribution in [1.29, 1.82) is 0 Å². The Labute approximate surface area is 125 Å². The van der Waals surface area contributed by atoms with E-state index in [4.69, 9.17) is 10.7 Å². The highest BCUT2D eigenvalue weighted by Crippen LogP contribution is 2.35. The maximum absolute atomic E-state index is 11.7. The van der Waals surface area contributed by atoms with E-state index < -0.39 is 9.84 Å². The van der Waals surface area contributed by atoms with Crippen molar-refractivity contribution in [2.45, 2.75) is 45.7 Å². The molecular formula is C13H23N3O2S2. The monoisotopic (exact) mass is 317 g/mol. The van der Waals surface area contributed by atoms with Gasteiger partial charge in [-0.3, -0.25) is 0 Å². The summed E-state index contributed by atoms with van der Waals surface area (Å²) < 4.78 is 23.3. The summed E-state index contributed by atoms with van der Waals surface area (Å²) in [5.41, 5.74) is 6.81. The Bertz CT molecular complexity index is 587. The second-order valence-corrected chi connectivity index (χ2v) is 9.67. The standard InChI is InChI=1S/C13H23N3O2S2/c1-9-8-20(17,18)6-5-16(9)12-15-11(13(2,3)4)10(7-14)19-12/h9H,5-8,14H2,1-4H3. The Morgan fingerprint density at radius 1 is 1.45 bits per heavy atom. The first-order chi connectivity index (χ1) is 9.14. The predicted octanol–water partition coefficient (Wildman–Crippen LogP) is 1.52. The van der Waals surface area contributed by atoms with Crippen molar-refractivity contribution in [3.8, 4) is 0 Å². The molecule has 1 saturated heterocycles. The molecule has 0 aromatic carbocycles. The van der Waals surface area contributed by atoms with E-state index in [2.05, 4.69) is 25.7 Å². The van der Waals surface area contributed by atoms with Gasteiger partial charge in [0.15, 0.2) is 15.0 Å². The Morgan fingerprint density at radius 2 is 2.10 bits per heavy atom. The number of nitrogens with two attached hydrogens (primary N) is 1. The van der Waals surface area contributed by atoms with Crippen molar-refractivity contribution in [1.82, 2.24) is 4.98 Å². The highest BCUT2D eigenvalue weighted by atomic mass is 32.2. The third-order valence-electron chi connectivity index (χ3n) is 3.50. The van der Waals surface area contributed by atoms with E-state index >= 15 is 0 Å². The molecule has 2 rings (SSSR count). The number of nitrogens with zero attached hydrogens (tertiary/aromatic N) is 2. The van der Waals surface area contributed by atoms with Crippen LogP contribution < -0.4 is 10.6 Å². The van der Waals surface area contributed by atoms with Gasteiger partial charge in [-0.1, -0.05) is 20.8 Å². The smallest absolute Gasteiger partial charge is 0.186 e. The number of sulfone groups is 1. The molecule has 0 radical (unpaired) electrons. The number of hydrogen-bond donors (Lipinski definition) is 1. The van der Waals surface area contributed by atoms with Gasteiger partial charge < -0.3 is 10.6 Å². The van der Waals surface area contributed by atoms with Gasteiger partial charge in [-0.05, 0) is 6.92 Å². The zero-order chi connectivity index (χ0) is 15.1. The van der Waals surface area contributed by atoms with E-state index in [0.717, 1.165) is 15.7 Å². The molecule has 1 unspecified atom stereocenters. The molecule has 114 valence electrons. The van der Waals surface area contributed by atoms with Crippen LogP contribution in [0, 0.1) is 0 Å². The van der Waals surface area contributed by atoms with Crippen molar-refractivity contribution in [3.05, 3.63) is 10.6 Å². The van der Waals surface area contributed by atoms with E-state index in [-0.39, 0.29) is 23.0 Å². The molecule has 2 heterocycles. The summed E-state index contributed by atoms with van der Waals surface area (Å²) in [6.45, 7) is 9.30. The first-order valence-corrected chi connectivity index (χ1v) is 9.45. The number of rotatable bonds is 2. The highest BCUT2D eigenvalue weighted by Gasteiger charge is 2.31. The number of aromatic nitrogens is 1. The summed E-state index contributed by atoms with van der Waals surface area (Å²) in [6.07, 6.45) is 0. The number of thiazole rings is 1. The van der Waals surface area contributed by atoms with Gasteiger partial charge in [0.05, 0.1) is 17.2 Å². The lowest BCUT2D eigenvalue weighted by atomic mass is 9.91. The SMILES string of the molecule is CC1CS(=O)(=O)CCN1c1nc(C(C)(C)C)c(CN)s1. The van der Waals surface area contributed by atoms with Crippen LogP contribution in [-0.4, -0.2) is 37.5 Å². The van der Waals surface area contributed by atoms with Gasteiger partial charge in [-0.25, -0.2) is 13.4 Å². The molecule has 7 heteroatoms. The van der Waals surface area contributed by atoms with Crippen LogP contribution in [0.5, 0.6) is 0 Å². The summed E-state index contributed by atoms with van der Waals surface area (Å²) >= 11 is 1.59. The van der Waals surface area contributed by atoms with Crippen LogP contribution in [-0.2, 0) is 21.8 Å². The van der Waals surface area contributed by atoms with E-state index in [9.17, 15) is 8.42 Å². The lowest BCUT2D eigenvalue weighted by Gasteiger charge is -2.32. The third kappa shape index (κ3) is 3.15. The molecule has 1 aliphatic heterocycles. The predicted molar refractivity (Wildman–Crippen MR) is 84.2 cm³/mol. The fourth-order valence-corrected chi connectivity index (χ4v) is 5.30. The molecule has 20 heavy (non-hydrogen) atoms. The van der Waals surface area contributed by atoms with E-state index in [1.807, 2.05) is 6.92 Å². The highest BCUT2D eigenvalue weighted by molar-refractivity contribution is 7.91. The number of anilines is 1. The molecule has 1 fully saturated rings. The van der Waals surface area contributed by atoms with Crippen LogP contribution in [0.4, 0.5) is 5.13 Å². The number of hydrogen-bond acceptors (Lipinski definition) is 6. The van der Waals surface area contributed by atoms with E-state index in [1.165, 1.54) is 0 Å². The van der Waals surface area contributed by atoms with Gasteiger partial charge in [0.25, 0.3) is 0 Å². The molecule has 0 amide bonds. The van der Waals surface area contributed by atoms with Crippen molar-refractivity contribution in [3.63, 3.8) is 0 Å². The Hall–Kier alpha value is -0.660. The summed E-state index contributed by atoms with van der Waals surface area (Å²) in [7, 11) is -2.90. The van der Waals surface area contributed by atoms with Crippen LogP contribution in [0.3, 0.4) is 0 Å². The Balaban J connectivity index is 2.33. The summed E-state index contributed by atoms with van der Waals surface area (Å²) in [5.74, 6) is 0.412. The molecule has 0 spiro atoms. The first-order valence-electron chi connectivity index (χ1n) is 6.81. The zero-order valence-corrected chi connectivity index (χ0v) is 14.1. The van der Waals surface area contributed by atoms with Gasteiger partial charge in [-0.2, -0.15) is 0 Å². The normalized spacial score (nSPS) is 23.1. The van der Waals surface area contributed by atoms with E-state index in [0.29, 0.717) is 13.1 Å². The fourth-order valence-electron chi connectivity index (χ4n) is 2.47. The first kappa shape index (κ1) is 15.7. The van der Waals surface area contributed by atoms with Gasteiger partial charge in [0, 0.05) is 29.4 Å². The lowest BCUT2D eigenvalue weighted by Crippen LogP contribution is -2.47. The second kappa shape index (κ2) is 5.27. The average molecular weight is 317 g/mol. The largest absolute Gasteiger partial charge is 0.343 e. The van der Waals surface area contributed by atoms with Crippen molar-refractivity contribution < 1.29 is 8.42 Å². The maximum Gasteiger partial charge on any atom is 0.186 e. The lowest BCUT2D eigenvalue weighted by molar-refractivity contribution is 0.557. The zero-order valence-electron chi connectivity index (χ0n) is 12.5. The summed E-state index contributed by atoms with van der Waals surface area (Å²) in [5, 5.41) is 0.901. The molecule has 1 aromatic rings. The van der Waals surface area contributed by atoms with Gasteiger partial charge in [-0.15, -0.1) is 11.3 Å². The van der Waals surface area contributed by atoms with Crippen molar-refractivity contribution in [2.24, 2.45) is 5.73 Å². The van der Waals surface area contributed by atoms with Crippen molar-refractivity contribution in [2.75, 3.05) is 23.0 Å². The molecular weight excluding hydrogens is 294 g/mol. The molecule has 0 bridgehead atoms. The molecule has 2 N–H and O–H groups in total. The van der Waals surface area contributed by atoms with E-state index in [1.54, 1.807) is 11.3 Å². The quantitative estimate of drug-likeness (QED) is 0.895. The van der Waals surface area contributed by atoms with Crippen LogP contribution in [0.25, 0.3) is 0 Å². The summed E-state index contributed by atoms with van der Waals surface area (Å²) in [6, 6.07) is -0.0293. The fraction of sp³-hybridized carbons (Fsp3) is 0.769. The van der Waals surface area contributed by atoms with Crippen LogP contribution in [0.2, 0.25) is 0 Å². The van der Waals surface area contributed by atoms with Crippen molar-refractivity contribution >= 4 is 26.3 Å². The summed E-state index contributed by atoms with van der Waals surface area (Å²) in [4.78, 5) is 7.93. The van der Waals surface area contributed by atoms with Gasteiger partial charge in [0.2, 0.25) is 0 Å². The van der Waals surface area contributed by atoms with Gasteiger partial charge >= 0.3 is 0 Å². The van der Waals surface area contributed by atoms with Gasteiger partial charge in [0.1, 0.15) is 0 Å². The average Bonchev–Trinajstić information content (AvgIpc) is 2.71. The molecule has 1 aromatic heterocycles. The maximum atomic E-state index is 11.7. The molecule has 1 atom stereocenters. The van der Waals surface area contributed by atoms with Crippen LogP contribution in [0.15, 0.2) is 0 Å². The molecule has 5 nitrogen and oxygen atoms in total. The van der Waals surface area contributed by atoms with Crippen LogP contribution in [0.1, 0.15) is 38.3 Å². The molecule has 1 aliphatic rings. The molecule has 0 aliphatic carbocycles. The minimum atomic E-state index is -2.90. The second-order valence-electron chi connectivity index (χ2n) is 6.38. The van der Waals surface area contributed by atoms with Crippen LogP contribution >= 0.6 is 11.3 Å². The minimum absolute atomic E-state index is 0.0293. The third-order valence-corrected chi connectivity index (χ3v) is 6.41.